The lowest BCUT2D eigenvalue weighted by atomic mass is 10.0. The molecule has 1 fully saturated rings. The van der Waals surface area contributed by atoms with Crippen LogP contribution in [-0.2, 0) is 14.4 Å². The minimum atomic E-state index is -0.939. The summed E-state index contributed by atoms with van der Waals surface area (Å²) in [6, 6.07) is 5.68. The van der Waals surface area contributed by atoms with Crippen LogP contribution >= 0.6 is 0 Å². The van der Waals surface area contributed by atoms with E-state index in [4.69, 9.17) is 0 Å². The molecule has 1 unspecified atom stereocenters. The third-order valence-electron chi connectivity index (χ3n) is 3.12. The van der Waals surface area contributed by atoms with Crippen molar-refractivity contribution < 1.29 is 14.4 Å². The van der Waals surface area contributed by atoms with Crippen LogP contribution < -0.4 is 10.7 Å². The highest BCUT2D eigenvalue weighted by atomic mass is 16.2. The Morgan fingerprint density at radius 1 is 1.25 bits per heavy atom. The number of benzene rings is 1. The zero-order valence-electron chi connectivity index (χ0n) is 11.7. The van der Waals surface area contributed by atoms with Crippen LogP contribution in [0.1, 0.15) is 17.5 Å². The first-order valence-electron chi connectivity index (χ1n) is 6.33. The summed E-state index contributed by atoms with van der Waals surface area (Å²) in [5.41, 5.74) is 5.12. The maximum absolute atomic E-state index is 11.9. The van der Waals surface area contributed by atoms with E-state index >= 15 is 0 Å². The lowest BCUT2D eigenvalue weighted by Gasteiger charge is -2.09. The molecular formula is C14H17N3O3. The fourth-order valence-electron chi connectivity index (χ4n) is 2.27. The van der Waals surface area contributed by atoms with E-state index in [0.717, 1.165) is 16.1 Å². The summed E-state index contributed by atoms with van der Waals surface area (Å²) >= 11 is 0. The van der Waals surface area contributed by atoms with Gasteiger partial charge in [0, 0.05) is 19.2 Å². The van der Waals surface area contributed by atoms with Gasteiger partial charge in [0.15, 0.2) is 0 Å². The fraction of sp³-hybridized carbons (Fsp3) is 0.357. The summed E-state index contributed by atoms with van der Waals surface area (Å²) in [7, 11) is 1.46. The van der Waals surface area contributed by atoms with Crippen LogP contribution in [-0.4, -0.2) is 29.8 Å². The lowest BCUT2D eigenvalue weighted by Crippen LogP contribution is -2.31. The van der Waals surface area contributed by atoms with E-state index in [-0.39, 0.29) is 18.2 Å². The average molecular weight is 275 g/mol. The van der Waals surface area contributed by atoms with Crippen LogP contribution in [0.5, 0.6) is 0 Å². The molecule has 0 spiro atoms. The number of hydrogen-bond acceptors (Lipinski definition) is 3. The van der Waals surface area contributed by atoms with E-state index in [1.54, 1.807) is 0 Å². The molecule has 1 heterocycles. The first kappa shape index (κ1) is 14.0. The van der Waals surface area contributed by atoms with Gasteiger partial charge in [0.05, 0.1) is 0 Å². The molecule has 106 valence electrons. The minimum absolute atomic E-state index is 0.151. The van der Waals surface area contributed by atoms with Gasteiger partial charge in [-0.2, -0.15) is 0 Å². The number of anilines is 1. The number of aryl methyl sites for hydroxylation is 2. The highest BCUT2D eigenvalue weighted by molar-refractivity contribution is 6.08. The fourth-order valence-corrected chi connectivity index (χ4v) is 2.27. The second-order valence-electron chi connectivity index (χ2n) is 5.05. The van der Waals surface area contributed by atoms with Crippen LogP contribution in [0.4, 0.5) is 5.69 Å². The largest absolute Gasteiger partial charge is 0.326 e. The van der Waals surface area contributed by atoms with Gasteiger partial charge in [-0.15, -0.1) is 0 Å². The molecule has 0 saturated carbocycles. The van der Waals surface area contributed by atoms with Gasteiger partial charge in [0.1, 0.15) is 5.92 Å². The average Bonchev–Trinajstić information content (AvgIpc) is 2.54. The Balaban J connectivity index is 2.02. The van der Waals surface area contributed by atoms with Gasteiger partial charge in [-0.1, -0.05) is 6.07 Å². The van der Waals surface area contributed by atoms with Crippen molar-refractivity contribution in [3.63, 3.8) is 0 Å². The van der Waals surface area contributed by atoms with Crippen molar-refractivity contribution in [1.29, 1.82) is 0 Å². The molecule has 6 nitrogen and oxygen atoms in total. The highest BCUT2D eigenvalue weighted by Crippen LogP contribution is 2.17. The van der Waals surface area contributed by atoms with Gasteiger partial charge < -0.3 is 5.32 Å². The quantitative estimate of drug-likeness (QED) is 0.799. The van der Waals surface area contributed by atoms with E-state index in [1.807, 2.05) is 32.0 Å². The molecule has 0 radical (unpaired) electrons. The van der Waals surface area contributed by atoms with Crippen molar-refractivity contribution >= 4 is 23.4 Å². The summed E-state index contributed by atoms with van der Waals surface area (Å²) < 4.78 is 0. The maximum atomic E-state index is 11.9. The van der Waals surface area contributed by atoms with Crippen LogP contribution in [0.15, 0.2) is 18.2 Å². The predicted molar refractivity (Wildman–Crippen MR) is 73.6 cm³/mol. The van der Waals surface area contributed by atoms with E-state index in [9.17, 15) is 14.4 Å². The van der Waals surface area contributed by atoms with Crippen molar-refractivity contribution in [3.8, 4) is 0 Å². The van der Waals surface area contributed by atoms with Crippen LogP contribution in [0.25, 0.3) is 0 Å². The number of nitrogens with zero attached hydrogens (tertiary/aromatic N) is 1. The van der Waals surface area contributed by atoms with E-state index < -0.39 is 11.8 Å². The summed E-state index contributed by atoms with van der Waals surface area (Å²) in [4.78, 5) is 35.1. The zero-order valence-corrected chi connectivity index (χ0v) is 11.7. The first-order valence-corrected chi connectivity index (χ1v) is 6.33. The maximum Gasteiger partial charge on any atom is 0.253 e. The van der Waals surface area contributed by atoms with Gasteiger partial charge in [0.2, 0.25) is 5.91 Å². The number of amides is 3. The number of hydrazine groups is 1. The Kier molecular flexibility index (Phi) is 3.74. The lowest BCUT2D eigenvalue weighted by molar-refractivity contribution is -0.134. The SMILES string of the molecule is Cc1cc(C)cc(NC(=O)CC2C(=O)NN(C)C2=O)c1. The summed E-state index contributed by atoms with van der Waals surface area (Å²) in [5, 5.41) is 3.82. The van der Waals surface area contributed by atoms with Crippen LogP contribution in [0, 0.1) is 19.8 Å². The van der Waals surface area contributed by atoms with E-state index in [0.29, 0.717) is 5.69 Å². The van der Waals surface area contributed by atoms with Gasteiger partial charge >= 0.3 is 0 Å². The normalized spacial score (nSPS) is 18.1. The number of rotatable bonds is 3. The second kappa shape index (κ2) is 5.32. The number of nitrogens with one attached hydrogen (secondary N) is 2. The molecule has 1 atom stereocenters. The van der Waals surface area contributed by atoms with Gasteiger partial charge in [-0.05, 0) is 37.1 Å². The van der Waals surface area contributed by atoms with Crippen molar-refractivity contribution in [2.75, 3.05) is 12.4 Å². The van der Waals surface area contributed by atoms with Gasteiger partial charge in [0.25, 0.3) is 11.8 Å². The molecule has 0 bridgehead atoms. The monoisotopic (exact) mass is 275 g/mol. The molecule has 2 rings (SSSR count). The third-order valence-corrected chi connectivity index (χ3v) is 3.12. The Hall–Kier alpha value is -2.37. The first-order chi connectivity index (χ1) is 9.36. The molecule has 2 N–H and O–H groups in total. The summed E-state index contributed by atoms with van der Waals surface area (Å²) in [6.07, 6.45) is -0.151. The highest BCUT2D eigenvalue weighted by Gasteiger charge is 2.38. The molecule has 6 heteroatoms. The van der Waals surface area contributed by atoms with E-state index in [1.165, 1.54) is 7.05 Å². The zero-order chi connectivity index (χ0) is 14.9. The van der Waals surface area contributed by atoms with Gasteiger partial charge in [-0.25, -0.2) is 0 Å². The van der Waals surface area contributed by atoms with Crippen molar-refractivity contribution in [2.45, 2.75) is 20.3 Å². The molecule has 3 amide bonds. The summed E-state index contributed by atoms with van der Waals surface area (Å²) in [5.74, 6) is -2.11. The van der Waals surface area contributed by atoms with Crippen molar-refractivity contribution in [2.24, 2.45) is 5.92 Å². The predicted octanol–water partition coefficient (Wildman–Crippen LogP) is 0.751. The standard InChI is InChI=1S/C14H17N3O3/c1-8-4-9(2)6-10(5-8)15-12(18)7-11-13(19)16-17(3)14(11)20/h4-6,11H,7H2,1-3H3,(H,15,18)(H,16,19). The smallest absolute Gasteiger partial charge is 0.253 e. The molecule has 20 heavy (non-hydrogen) atoms. The molecule has 0 aliphatic carbocycles. The van der Waals surface area contributed by atoms with Crippen molar-refractivity contribution in [1.82, 2.24) is 10.4 Å². The van der Waals surface area contributed by atoms with Gasteiger partial charge in [-0.3, -0.25) is 24.8 Å². The molecule has 1 aliphatic rings. The summed E-state index contributed by atoms with van der Waals surface area (Å²) in [6.45, 7) is 3.87. The Morgan fingerprint density at radius 2 is 1.85 bits per heavy atom. The third kappa shape index (κ3) is 2.96. The topological polar surface area (TPSA) is 78.5 Å². The molecular weight excluding hydrogens is 258 g/mol. The molecule has 0 aromatic heterocycles. The van der Waals surface area contributed by atoms with Crippen molar-refractivity contribution in [3.05, 3.63) is 29.3 Å². The number of carbonyl (C=O) groups is 3. The number of carbonyl (C=O) groups excluding carboxylic acids is 3. The molecule has 1 saturated heterocycles. The van der Waals surface area contributed by atoms with Crippen LogP contribution in [0.3, 0.4) is 0 Å². The van der Waals surface area contributed by atoms with Crippen LogP contribution in [0.2, 0.25) is 0 Å². The second-order valence-corrected chi connectivity index (χ2v) is 5.05. The molecule has 1 aromatic rings. The Bertz CT molecular complexity index is 563. The number of hydrogen-bond donors (Lipinski definition) is 2. The van der Waals surface area contributed by atoms with E-state index in [2.05, 4.69) is 10.7 Å². The Labute approximate surface area is 117 Å². The Morgan fingerprint density at radius 3 is 2.35 bits per heavy atom. The minimum Gasteiger partial charge on any atom is -0.326 e. The molecule has 1 aromatic carbocycles. The molecule has 1 aliphatic heterocycles.